The van der Waals surface area contributed by atoms with E-state index in [0.29, 0.717) is 25.8 Å². The topological polar surface area (TPSA) is 163 Å². The summed E-state index contributed by atoms with van der Waals surface area (Å²) in [5.74, 6) is -2.78. The van der Waals surface area contributed by atoms with Crippen LogP contribution in [0.25, 0.3) is 0 Å². The zero-order valence-corrected chi connectivity index (χ0v) is 18.5. The van der Waals surface area contributed by atoms with Gasteiger partial charge in [-0.2, -0.15) is 12.6 Å². The van der Waals surface area contributed by atoms with Crippen LogP contribution in [0.2, 0.25) is 0 Å². The summed E-state index contributed by atoms with van der Waals surface area (Å²) >= 11 is 4.11. The fourth-order valence-corrected chi connectivity index (χ4v) is 3.43. The number of unbranched alkanes of at least 4 members (excludes halogenated alkanes) is 1. The van der Waals surface area contributed by atoms with E-state index >= 15 is 0 Å². The fraction of sp³-hybridized carbons (Fsp3) is 0.789. The van der Waals surface area contributed by atoms with Gasteiger partial charge in [0.15, 0.2) is 0 Å². The van der Waals surface area contributed by atoms with Gasteiger partial charge in [0.1, 0.15) is 18.1 Å². The molecule has 1 saturated heterocycles. The van der Waals surface area contributed by atoms with E-state index < -0.39 is 35.9 Å². The Morgan fingerprint density at radius 1 is 1.10 bits per heavy atom. The second-order valence-corrected chi connectivity index (χ2v) is 8.17. The number of nitrogens with one attached hydrogen (secondary N) is 4. The van der Waals surface area contributed by atoms with E-state index in [-0.39, 0.29) is 30.0 Å². The molecule has 0 radical (unpaired) electrons. The summed E-state index contributed by atoms with van der Waals surface area (Å²) in [7, 11) is 0. The Labute approximate surface area is 182 Å². The average Bonchev–Trinajstić information content (AvgIpc) is 3.23. The van der Waals surface area contributed by atoms with Crippen molar-refractivity contribution in [2.24, 2.45) is 11.7 Å². The van der Waals surface area contributed by atoms with Gasteiger partial charge in [0, 0.05) is 5.75 Å². The van der Waals surface area contributed by atoms with Crippen molar-refractivity contribution in [2.45, 2.75) is 70.1 Å². The smallest absolute Gasteiger partial charge is 0.326 e. The number of amides is 3. The molecular weight excluding hydrogens is 410 g/mol. The predicted octanol–water partition coefficient (Wildman–Crippen LogP) is -1.01. The van der Waals surface area contributed by atoms with Crippen molar-refractivity contribution in [3.63, 3.8) is 0 Å². The molecule has 1 aliphatic heterocycles. The second kappa shape index (κ2) is 13.5. The summed E-state index contributed by atoms with van der Waals surface area (Å²) in [5.41, 5.74) is 5.42. The molecule has 30 heavy (non-hydrogen) atoms. The molecule has 1 rings (SSSR count). The van der Waals surface area contributed by atoms with Crippen LogP contribution in [-0.4, -0.2) is 71.8 Å². The zero-order valence-electron chi connectivity index (χ0n) is 17.6. The number of carboxylic acid groups (broad SMARTS) is 1. The van der Waals surface area contributed by atoms with Gasteiger partial charge in [-0.3, -0.25) is 14.4 Å². The highest BCUT2D eigenvalue weighted by molar-refractivity contribution is 7.80. The normalized spacial score (nSPS) is 19.0. The number of nitrogens with two attached hydrogens (primary N) is 1. The number of thiol groups is 1. The van der Waals surface area contributed by atoms with Crippen LogP contribution in [0.1, 0.15) is 46.0 Å². The summed E-state index contributed by atoms with van der Waals surface area (Å²) in [6.45, 7) is 4.78. The Morgan fingerprint density at radius 3 is 2.27 bits per heavy atom. The van der Waals surface area contributed by atoms with Crippen molar-refractivity contribution in [1.29, 1.82) is 0 Å². The highest BCUT2D eigenvalue weighted by Crippen LogP contribution is 2.09. The molecule has 0 bridgehead atoms. The molecule has 172 valence electrons. The first-order valence-electron chi connectivity index (χ1n) is 10.4. The van der Waals surface area contributed by atoms with Gasteiger partial charge in [0.2, 0.25) is 17.7 Å². The molecule has 0 aromatic rings. The zero-order chi connectivity index (χ0) is 22.7. The Hall–Kier alpha value is -1.85. The number of hydrogen-bond donors (Lipinski definition) is 7. The van der Waals surface area contributed by atoms with Gasteiger partial charge in [0.05, 0.1) is 6.04 Å². The molecule has 1 fully saturated rings. The third-order valence-electron chi connectivity index (χ3n) is 5.00. The van der Waals surface area contributed by atoms with E-state index in [4.69, 9.17) is 5.73 Å². The molecule has 0 aromatic heterocycles. The number of carbonyl (C=O) groups is 4. The Balaban J connectivity index is 2.71. The largest absolute Gasteiger partial charge is 0.480 e. The molecule has 11 heteroatoms. The standard InChI is InChI=1S/C19H35N5O5S/c1-11(2)15(24-16(25)12-7-5-9-21-12)18(27)23-14(10-30)17(26)22-13(19(28)29)6-3-4-8-20/h11-15,21,30H,3-10,20H2,1-2H3,(H,22,26)(H,23,27)(H,24,25)(H,28,29). The van der Waals surface area contributed by atoms with Gasteiger partial charge in [-0.05, 0) is 51.1 Å². The Bertz CT molecular complexity index is 598. The lowest BCUT2D eigenvalue weighted by atomic mass is 10.0. The molecular formula is C19H35N5O5S. The number of carbonyl (C=O) groups excluding carboxylic acids is 3. The highest BCUT2D eigenvalue weighted by Gasteiger charge is 2.32. The molecule has 7 N–H and O–H groups in total. The maximum Gasteiger partial charge on any atom is 0.326 e. The first-order chi connectivity index (χ1) is 14.2. The lowest BCUT2D eigenvalue weighted by Gasteiger charge is -2.26. The quantitative estimate of drug-likeness (QED) is 0.141. The molecule has 4 unspecified atom stereocenters. The number of aliphatic carboxylic acids is 1. The van der Waals surface area contributed by atoms with Crippen LogP contribution in [0.5, 0.6) is 0 Å². The molecule has 1 heterocycles. The van der Waals surface area contributed by atoms with E-state index in [1.165, 1.54) is 0 Å². The van der Waals surface area contributed by atoms with Gasteiger partial charge in [-0.25, -0.2) is 4.79 Å². The molecule has 0 spiro atoms. The van der Waals surface area contributed by atoms with Gasteiger partial charge in [0.25, 0.3) is 0 Å². The van der Waals surface area contributed by atoms with Crippen molar-refractivity contribution in [1.82, 2.24) is 21.3 Å². The minimum Gasteiger partial charge on any atom is -0.480 e. The Kier molecular flexibility index (Phi) is 11.7. The Morgan fingerprint density at radius 2 is 1.77 bits per heavy atom. The SMILES string of the molecule is CC(C)C(NC(=O)C1CCCN1)C(=O)NC(CS)C(=O)NC(CCCCN)C(=O)O. The minimum absolute atomic E-state index is 0.0182. The van der Waals surface area contributed by atoms with E-state index in [1.54, 1.807) is 13.8 Å². The molecule has 0 aromatic carbocycles. The lowest BCUT2D eigenvalue weighted by Crippen LogP contribution is -2.58. The predicted molar refractivity (Wildman–Crippen MR) is 116 cm³/mol. The molecule has 10 nitrogen and oxygen atoms in total. The van der Waals surface area contributed by atoms with Gasteiger partial charge in [-0.15, -0.1) is 0 Å². The maximum absolute atomic E-state index is 12.7. The average molecular weight is 446 g/mol. The van der Waals surface area contributed by atoms with E-state index in [1.807, 2.05) is 0 Å². The molecule has 3 amide bonds. The fourth-order valence-electron chi connectivity index (χ4n) is 3.18. The van der Waals surface area contributed by atoms with Crippen molar-refractivity contribution in [2.75, 3.05) is 18.8 Å². The summed E-state index contributed by atoms with van der Waals surface area (Å²) in [6.07, 6.45) is 3.06. The summed E-state index contributed by atoms with van der Waals surface area (Å²) in [6, 6.07) is -3.25. The van der Waals surface area contributed by atoms with Crippen LogP contribution in [0, 0.1) is 5.92 Å². The molecule has 0 aliphatic carbocycles. The monoisotopic (exact) mass is 445 g/mol. The van der Waals surface area contributed by atoms with Crippen LogP contribution in [0.4, 0.5) is 0 Å². The third kappa shape index (κ3) is 8.49. The van der Waals surface area contributed by atoms with Crippen LogP contribution in [0.15, 0.2) is 0 Å². The maximum atomic E-state index is 12.7. The van der Waals surface area contributed by atoms with Crippen LogP contribution >= 0.6 is 12.6 Å². The van der Waals surface area contributed by atoms with Crippen LogP contribution in [-0.2, 0) is 19.2 Å². The van der Waals surface area contributed by atoms with Crippen molar-refractivity contribution < 1.29 is 24.3 Å². The minimum atomic E-state index is -1.15. The van der Waals surface area contributed by atoms with Gasteiger partial charge >= 0.3 is 5.97 Å². The second-order valence-electron chi connectivity index (χ2n) is 7.81. The molecule has 1 aliphatic rings. The van der Waals surface area contributed by atoms with Gasteiger partial charge < -0.3 is 32.1 Å². The van der Waals surface area contributed by atoms with Crippen LogP contribution < -0.4 is 27.0 Å². The number of hydrogen-bond acceptors (Lipinski definition) is 7. The van der Waals surface area contributed by atoms with E-state index in [9.17, 15) is 24.3 Å². The van der Waals surface area contributed by atoms with E-state index in [2.05, 4.69) is 33.9 Å². The van der Waals surface area contributed by atoms with Crippen LogP contribution in [0.3, 0.4) is 0 Å². The van der Waals surface area contributed by atoms with Gasteiger partial charge in [-0.1, -0.05) is 13.8 Å². The third-order valence-corrected chi connectivity index (χ3v) is 5.37. The van der Waals surface area contributed by atoms with E-state index in [0.717, 1.165) is 13.0 Å². The first-order valence-corrected chi connectivity index (χ1v) is 11.0. The van der Waals surface area contributed by atoms with Crippen molar-refractivity contribution in [3.8, 4) is 0 Å². The first kappa shape index (κ1) is 26.2. The summed E-state index contributed by atoms with van der Waals surface area (Å²) in [5, 5.41) is 20.2. The van der Waals surface area contributed by atoms with Crippen molar-refractivity contribution >= 4 is 36.3 Å². The summed E-state index contributed by atoms with van der Waals surface area (Å²) in [4.78, 5) is 49.0. The number of rotatable bonds is 13. The van der Waals surface area contributed by atoms with Crippen molar-refractivity contribution in [3.05, 3.63) is 0 Å². The molecule has 0 saturated carbocycles. The molecule has 4 atom stereocenters. The number of carboxylic acids is 1. The highest BCUT2D eigenvalue weighted by atomic mass is 32.1. The summed E-state index contributed by atoms with van der Waals surface area (Å²) < 4.78 is 0. The lowest BCUT2D eigenvalue weighted by molar-refractivity contribution is -0.142.